The van der Waals surface area contributed by atoms with E-state index >= 15 is 0 Å². The molecule has 1 N–H and O–H groups in total. The summed E-state index contributed by atoms with van der Waals surface area (Å²) in [5.74, 6) is -0.319. The van der Waals surface area contributed by atoms with Crippen LogP contribution in [0.3, 0.4) is 0 Å². The van der Waals surface area contributed by atoms with Crippen LogP contribution in [0.1, 0.15) is 40.8 Å². The summed E-state index contributed by atoms with van der Waals surface area (Å²) in [6.07, 6.45) is 1.13. The lowest BCUT2D eigenvalue weighted by Gasteiger charge is -2.22. The molecule has 0 heterocycles. The second-order valence-corrected chi connectivity index (χ2v) is 9.15. The van der Waals surface area contributed by atoms with E-state index in [0.717, 1.165) is 34.1 Å². The maximum Gasteiger partial charge on any atom is 0.235 e. The molecule has 0 spiro atoms. The van der Waals surface area contributed by atoms with Gasteiger partial charge in [-0.3, -0.25) is 4.79 Å². The summed E-state index contributed by atoms with van der Waals surface area (Å²) >= 11 is 0. The Kier molecular flexibility index (Phi) is 6.78. The maximum atomic E-state index is 12.5. The number of hydrogen-bond donors (Lipinski definition) is 1. The van der Waals surface area contributed by atoms with E-state index in [9.17, 15) is 13.2 Å². The van der Waals surface area contributed by atoms with Crippen LogP contribution in [0.5, 0.6) is 0 Å². The number of amides is 1. The highest BCUT2D eigenvalue weighted by molar-refractivity contribution is 7.88. The minimum absolute atomic E-state index is 0.171. The fourth-order valence-corrected chi connectivity index (χ4v) is 3.67. The molecule has 146 valence electrons. The van der Waals surface area contributed by atoms with Crippen molar-refractivity contribution in [3.8, 4) is 0 Å². The Labute approximate surface area is 162 Å². The van der Waals surface area contributed by atoms with Gasteiger partial charge in [0.25, 0.3) is 0 Å². The number of rotatable bonds is 7. The van der Waals surface area contributed by atoms with Gasteiger partial charge in [-0.1, -0.05) is 53.6 Å². The summed E-state index contributed by atoms with van der Waals surface area (Å²) in [4.78, 5) is 12.5. The van der Waals surface area contributed by atoms with Gasteiger partial charge in [-0.05, 0) is 44.4 Å². The molecule has 0 unspecified atom stereocenters. The van der Waals surface area contributed by atoms with Crippen LogP contribution >= 0.6 is 0 Å². The number of aryl methyl sites for hydroxylation is 3. The van der Waals surface area contributed by atoms with Crippen molar-refractivity contribution < 1.29 is 13.2 Å². The summed E-state index contributed by atoms with van der Waals surface area (Å²) in [6.45, 7) is 7.85. The molecule has 0 fully saturated rings. The lowest BCUT2D eigenvalue weighted by atomic mass is 10.00. The van der Waals surface area contributed by atoms with E-state index < -0.39 is 10.0 Å². The fourth-order valence-electron chi connectivity index (χ4n) is 2.94. The van der Waals surface area contributed by atoms with Crippen molar-refractivity contribution in [1.82, 2.24) is 9.62 Å². The molecule has 2 aromatic carbocycles. The van der Waals surface area contributed by atoms with Crippen LogP contribution in [0.15, 0.2) is 42.5 Å². The average Bonchev–Trinajstić information content (AvgIpc) is 2.57. The zero-order valence-electron chi connectivity index (χ0n) is 16.6. The van der Waals surface area contributed by atoms with Crippen LogP contribution in [-0.2, 0) is 21.4 Å². The van der Waals surface area contributed by atoms with Crippen LogP contribution < -0.4 is 5.32 Å². The molecule has 0 radical (unpaired) electrons. The van der Waals surface area contributed by atoms with E-state index in [4.69, 9.17) is 0 Å². The second-order valence-electron chi connectivity index (χ2n) is 7.17. The molecule has 1 amide bonds. The van der Waals surface area contributed by atoms with E-state index in [-0.39, 0.29) is 25.0 Å². The molecule has 27 heavy (non-hydrogen) atoms. The molecular weight excluding hydrogens is 360 g/mol. The monoisotopic (exact) mass is 388 g/mol. The SMILES string of the molecule is Cc1ccc(CN(CC(=O)N[C@H](C)c2cc(C)ccc2C)S(C)(=O)=O)cc1. The van der Waals surface area contributed by atoms with E-state index in [0.29, 0.717) is 0 Å². The zero-order chi connectivity index (χ0) is 20.2. The van der Waals surface area contributed by atoms with Crippen molar-refractivity contribution in [1.29, 1.82) is 0 Å². The van der Waals surface area contributed by atoms with Gasteiger partial charge in [-0.2, -0.15) is 4.31 Å². The molecule has 1 atom stereocenters. The standard InChI is InChI=1S/C21H28N2O3S/c1-15-7-10-19(11-8-15)13-23(27(5,25)26)14-21(24)22-18(4)20-12-16(2)6-9-17(20)3/h6-12,18H,13-14H2,1-5H3,(H,22,24)/t18-/m1/s1. The average molecular weight is 389 g/mol. The van der Waals surface area contributed by atoms with Crippen molar-refractivity contribution in [2.24, 2.45) is 0 Å². The molecular formula is C21H28N2O3S. The highest BCUT2D eigenvalue weighted by Gasteiger charge is 2.22. The van der Waals surface area contributed by atoms with Gasteiger partial charge >= 0.3 is 0 Å². The number of sulfonamides is 1. The number of carbonyl (C=O) groups is 1. The van der Waals surface area contributed by atoms with Gasteiger partial charge in [-0.25, -0.2) is 8.42 Å². The van der Waals surface area contributed by atoms with Gasteiger partial charge in [-0.15, -0.1) is 0 Å². The number of nitrogens with zero attached hydrogens (tertiary/aromatic N) is 1. The first-order valence-corrected chi connectivity index (χ1v) is 10.8. The van der Waals surface area contributed by atoms with Gasteiger partial charge < -0.3 is 5.32 Å². The third kappa shape index (κ3) is 6.19. The van der Waals surface area contributed by atoms with Crippen molar-refractivity contribution in [2.75, 3.05) is 12.8 Å². The van der Waals surface area contributed by atoms with Crippen molar-refractivity contribution >= 4 is 15.9 Å². The number of hydrogen-bond acceptors (Lipinski definition) is 3. The minimum Gasteiger partial charge on any atom is -0.348 e. The Hall–Kier alpha value is -2.18. The van der Waals surface area contributed by atoms with Crippen molar-refractivity contribution in [3.05, 3.63) is 70.3 Å². The highest BCUT2D eigenvalue weighted by atomic mass is 32.2. The Balaban J connectivity index is 2.09. The number of carbonyl (C=O) groups excluding carboxylic acids is 1. The van der Waals surface area contributed by atoms with Crippen LogP contribution in [0.2, 0.25) is 0 Å². The molecule has 6 heteroatoms. The molecule has 0 aliphatic heterocycles. The summed E-state index contributed by atoms with van der Waals surface area (Å²) in [7, 11) is -3.51. The van der Waals surface area contributed by atoms with Crippen molar-refractivity contribution in [3.63, 3.8) is 0 Å². The Morgan fingerprint density at radius 1 is 1.04 bits per heavy atom. The second kappa shape index (κ2) is 8.67. The topological polar surface area (TPSA) is 66.5 Å². The van der Waals surface area contributed by atoms with Gasteiger partial charge in [0.1, 0.15) is 0 Å². The maximum absolute atomic E-state index is 12.5. The minimum atomic E-state index is -3.51. The van der Waals surface area contributed by atoms with Crippen molar-refractivity contribution in [2.45, 2.75) is 40.3 Å². The molecule has 2 rings (SSSR count). The molecule has 0 aromatic heterocycles. The normalized spacial score (nSPS) is 12.8. The molecule has 0 saturated carbocycles. The third-order valence-corrected chi connectivity index (χ3v) is 5.74. The molecule has 0 aliphatic carbocycles. The van der Waals surface area contributed by atoms with Gasteiger partial charge in [0.05, 0.1) is 18.8 Å². The quantitative estimate of drug-likeness (QED) is 0.792. The summed E-state index contributed by atoms with van der Waals surface area (Å²) in [6, 6.07) is 13.5. The van der Waals surface area contributed by atoms with Gasteiger partial charge in [0.2, 0.25) is 15.9 Å². The molecule has 5 nitrogen and oxygen atoms in total. The smallest absolute Gasteiger partial charge is 0.235 e. The highest BCUT2D eigenvalue weighted by Crippen LogP contribution is 2.19. The fraction of sp³-hybridized carbons (Fsp3) is 0.381. The number of benzene rings is 2. The first kappa shape index (κ1) is 21.1. The van der Waals surface area contributed by atoms with E-state index in [1.54, 1.807) is 0 Å². The Morgan fingerprint density at radius 3 is 2.22 bits per heavy atom. The van der Waals surface area contributed by atoms with Crippen LogP contribution in [-0.4, -0.2) is 31.4 Å². The van der Waals surface area contributed by atoms with Gasteiger partial charge in [0, 0.05) is 6.54 Å². The Morgan fingerprint density at radius 2 is 1.63 bits per heavy atom. The number of nitrogens with one attached hydrogen (secondary N) is 1. The third-order valence-electron chi connectivity index (χ3n) is 4.55. The zero-order valence-corrected chi connectivity index (χ0v) is 17.4. The van der Waals surface area contributed by atoms with Crippen LogP contribution in [0, 0.1) is 20.8 Å². The summed E-state index contributed by atoms with van der Waals surface area (Å²) in [5, 5.41) is 2.92. The molecule has 2 aromatic rings. The van der Waals surface area contributed by atoms with Crippen LogP contribution in [0.25, 0.3) is 0 Å². The lowest BCUT2D eigenvalue weighted by molar-refractivity contribution is -0.122. The van der Waals surface area contributed by atoms with E-state index in [1.807, 2.05) is 70.2 Å². The summed E-state index contributed by atoms with van der Waals surface area (Å²) in [5.41, 5.74) is 5.20. The lowest BCUT2D eigenvalue weighted by Crippen LogP contribution is -2.40. The molecule has 0 saturated heterocycles. The van der Waals surface area contributed by atoms with E-state index in [2.05, 4.69) is 5.32 Å². The first-order chi connectivity index (χ1) is 12.6. The largest absolute Gasteiger partial charge is 0.348 e. The molecule has 0 bridgehead atoms. The predicted molar refractivity (Wildman–Crippen MR) is 109 cm³/mol. The van der Waals surface area contributed by atoms with E-state index in [1.165, 1.54) is 4.31 Å². The molecule has 0 aliphatic rings. The first-order valence-electron chi connectivity index (χ1n) is 8.93. The Bertz CT molecular complexity index is 906. The van der Waals surface area contributed by atoms with Gasteiger partial charge in [0.15, 0.2) is 0 Å². The summed E-state index contributed by atoms with van der Waals surface area (Å²) < 4.78 is 25.5. The van der Waals surface area contributed by atoms with Crippen LogP contribution in [0.4, 0.5) is 0 Å². The predicted octanol–water partition coefficient (Wildman–Crippen LogP) is 3.25.